The minimum absolute atomic E-state index is 0. The summed E-state index contributed by atoms with van der Waals surface area (Å²) >= 11 is 0. The highest BCUT2D eigenvalue weighted by atomic mass is 35.5. The van der Waals surface area contributed by atoms with E-state index in [1.165, 1.54) is 70.8 Å². The van der Waals surface area contributed by atoms with Gasteiger partial charge in [0.2, 0.25) is 5.91 Å². The van der Waals surface area contributed by atoms with Crippen LogP contribution in [0.5, 0.6) is 0 Å². The van der Waals surface area contributed by atoms with Gasteiger partial charge in [-0.15, -0.1) is 0 Å². The number of rotatable bonds is 16. The van der Waals surface area contributed by atoms with Gasteiger partial charge in [0.05, 0.1) is 27.2 Å². The van der Waals surface area contributed by atoms with Crippen molar-refractivity contribution in [3.05, 3.63) is 12.2 Å². The molecule has 0 aromatic carbocycles. The van der Waals surface area contributed by atoms with E-state index in [0.717, 1.165) is 24.0 Å². The van der Waals surface area contributed by atoms with Gasteiger partial charge in [-0.25, -0.2) is 0 Å². The van der Waals surface area contributed by atoms with Gasteiger partial charge >= 0.3 is 0 Å². The fourth-order valence-corrected chi connectivity index (χ4v) is 3.00. The first-order valence-corrected chi connectivity index (χ1v) is 10.1. The predicted molar refractivity (Wildman–Crippen MR) is 106 cm³/mol. The minimum atomic E-state index is -0.0185. The molecule has 0 radical (unpaired) electrons. The molecule has 0 fully saturated rings. The maximum Gasteiger partial charge on any atom is 0.246 e. The number of hydrogen-bond acceptors (Lipinski definition) is 1. The average Bonchev–Trinajstić information content (AvgIpc) is 2.53. The normalized spacial score (nSPS) is 11.0. The number of quaternary nitrogens is 1. The zero-order chi connectivity index (χ0) is 18.3. The van der Waals surface area contributed by atoms with E-state index in [4.69, 9.17) is 0 Å². The number of halogens is 1. The second-order valence-electron chi connectivity index (χ2n) is 7.95. The highest BCUT2D eigenvalue weighted by Crippen LogP contribution is 2.11. The highest BCUT2D eigenvalue weighted by Gasteiger charge is 2.14. The third kappa shape index (κ3) is 18.1. The van der Waals surface area contributed by atoms with Gasteiger partial charge in [-0.3, -0.25) is 4.79 Å². The third-order valence-electron chi connectivity index (χ3n) is 4.73. The Kier molecular flexibility index (Phi) is 18.0. The molecule has 1 N–H and O–H groups in total. The van der Waals surface area contributed by atoms with Crippen molar-refractivity contribution in [3.63, 3.8) is 0 Å². The average molecular weight is 375 g/mol. The number of hydrogen-bond donors (Lipinski definition) is 1. The third-order valence-corrected chi connectivity index (χ3v) is 4.73. The van der Waals surface area contributed by atoms with Crippen molar-refractivity contribution in [1.82, 2.24) is 5.32 Å². The van der Waals surface area contributed by atoms with Gasteiger partial charge in [-0.2, -0.15) is 0 Å². The lowest BCUT2D eigenvalue weighted by Gasteiger charge is -2.30. The fourth-order valence-electron chi connectivity index (χ4n) is 3.00. The molecule has 0 bridgehead atoms. The van der Waals surface area contributed by atoms with E-state index in [2.05, 4.69) is 32.9 Å². The summed E-state index contributed by atoms with van der Waals surface area (Å²) in [5, 5.41) is 2.91. The maximum absolute atomic E-state index is 11.4. The lowest BCUT2D eigenvalue weighted by molar-refractivity contribution is -0.890. The van der Waals surface area contributed by atoms with Crippen LogP contribution in [0.1, 0.15) is 84.5 Å². The van der Waals surface area contributed by atoms with E-state index in [-0.39, 0.29) is 18.3 Å². The van der Waals surface area contributed by atoms with Crippen molar-refractivity contribution in [1.29, 1.82) is 0 Å². The predicted octanol–water partition coefficient (Wildman–Crippen LogP) is 2.07. The van der Waals surface area contributed by atoms with Crippen LogP contribution in [-0.2, 0) is 4.79 Å². The molecule has 0 aromatic heterocycles. The fraction of sp³-hybridized carbons (Fsp3) is 0.857. The first kappa shape index (κ1) is 26.7. The van der Waals surface area contributed by atoms with E-state index in [0.29, 0.717) is 5.57 Å². The Hall–Kier alpha value is -0.540. The molecule has 0 heterocycles. The van der Waals surface area contributed by atoms with Gasteiger partial charge < -0.3 is 22.2 Å². The Morgan fingerprint density at radius 1 is 0.840 bits per heavy atom. The molecule has 150 valence electrons. The Morgan fingerprint density at radius 2 is 1.28 bits per heavy atom. The molecule has 0 rings (SSSR count). The molecule has 0 aromatic rings. The highest BCUT2D eigenvalue weighted by molar-refractivity contribution is 5.91. The van der Waals surface area contributed by atoms with Gasteiger partial charge in [0, 0.05) is 18.5 Å². The number of carbonyl (C=O) groups is 1. The van der Waals surface area contributed by atoms with Crippen molar-refractivity contribution in [3.8, 4) is 0 Å². The van der Waals surface area contributed by atoms with E-state index in [1.807, 2.05) is 0 Å². The van der Waals surface area contributed by atoms with Crippen LogP contribution in [0.4, 0.5) is 0 Å². The number of nitrogens with one attached hydrogen (secondary N) is 1. The molecule has 1 amide bonds. The second-order valence-corrected chi connectivity index (χ2v) is 7.95. The summed E-state index contributed by atoms with van der Waals surface area (Å²) in [6, 6.07) is 0. The molecule has 0 unspecified atom stereocenters. The molecule has 0 atom stereocenters. The molecule has 4 heteroatoms. The molecule has 0 aliphatic rings. The largest absolute Gasteiger partial charge is 1.00 e. The molecular weight excluding hydrogens is 332 g/mol. The van der Waals surface area contributed by atoms with E-state index < -0.39 is 0 Å². The van der Waals surface area contributed by atoms with Crippen LogP contribution in [0.2, 0.25) is 0 Å². The zero-order valence-corrected chi connectivity index (χ0v) is 18.1. The topological polar surface area (TPSA) is 29.1 Å². The smallest absolute Gasteiger partial charge is 0.246 e. The summed E-state index contributed by atoms with van der Waals surface area (Å²) in [4.78, 5) is 11.4. The lowest BCUT2D eigenvalue weighted by atomic mass is 10.1. The van der Waals surface area contributed by atoms with Crippen LogP contribution in [0.3, 0.4) is 0 Å². The summed E-state index contributed by atoms with van der Waals surface area (Å²) in [7, 11) is 4.60. The van der Waals surface area contributed by atoms with E-state index in [9.17, 15) is 4.79 Å². The summed E-state index contributed by atoms with van der Waals surface area (Å²) in [6.07, 6.45) is 15.0. The number of unbranched alkanes of at least 4 members (excludes halogenated alkanes) is 9. The Balaban J connectivity index is 0. The van der Waals surface area contributed by atoms with Gasteiger partial charge in [-0.1, -0.05) is 64.9 Å². The van der Waals surface area contributed by atoms with Crippen molar-refractivity contribution in [2.75, 3.05) is 33.7 Å². The van der Waals surface area contributed by atoms with Gasteiger partial charge in [0.15, 0.2) is 0 Å². The monoisotopic (exact) mass is 374 g/mol. The quantitative estimate of drug-likeness (QED) is 0.250. The zero-order valence-electron chi connectivity index (χ0n) is 17.3. The van der Waals surface area contributed by atoms with Crippen LogP contribution in [0, 0.1) is 0 Å². The Labute approximate surface area is 163 Å². The molecule has 25 heavy (non-hydrogen) atoms. The van der Waals surface area contributed by atoms with Crippen LogP contribution in [0.25, 0.3) is 0 Å². The van der Waals surface area contributed by atoms with E-state index in [1.54, 1.807) is 6.92 Å². The molecule has 0 saturated carbocycles. The number of amides is 1. The minimum Gasteiger partial charge on any atom is -1.00 e. The Morgan fingerprint density at radius 3 is 1.76 bits per heavy atom. The van der Waals surface area contributed by atoms with Crippen LogP contribution in [0.15, 0.2) is 12.2 Å². The molecule has 0 aliphatic heterocycles. The summed E-state index contributed by atoms with van der Waals surface area (Å²) in [5.41, 5.74) is 0.592. The molecule has 0 aliphatic carbocycles. The number of carbonyl (C=O) groups excluding carboxylic acids is 1. The molecule has 3 nitrogen and oxygen atoms in total. The first-order chi connectivity index (χ1) is 11.4. The maximum atomic E-state index is 11.4. The van der Waals surface area contributed by atoms with Gasteiger partial charge in [0.1, 0.15) is 0 Å². The van der Waals surface area contributed by atoms with E-state index >= 15 is 0 Å². The van der Waals surface area contributed by atoms with Crippen molar-refractivity contribution in [2.24, 2.45) is 0 Å². The van der Waals surface area contributed by atoms with Crippen molar-refractivity contribution < 1.29 is 21.7 Å². The summed E-state index contributed by atoms with van der Waals surface area (Å²) in [6.45, 7) is 10.8. The summed E-state index contributed by atoms with van der Waals surface area (Å²) in [5.74, 6) is -0.0185. The van der Waals surface area contributed by atoms with Gasteiger partial charge in [-0.05, 0) is 19.8 Å². The lowest BCUT2D eigenvalue weighted by Crippen LogP contribution is -3.00. The first-order valence-electron chi connectivity index (χ1n) is 10.1. The van der Waals surface area contributed by atoms with Crippen molar-refractivity contribution in [2.45, 2.75) is 84.5 Å². The number of nitrogens with zero attached hydrogens (tertiary/aromatic N) is 1. The van der Waals surface area contributed by atoms with Crippen LogP contribution >= 0.6 is 0 Å². The molecular formula is C21H43ClN2O. The Bertz CT molecular complexity index is 343. The van der Waals surface area contributed by atoms with Gasteiger partial charge in [0.25, 0.3) is 0 Å². The van der Waals surface area contributed by atoms with Crippen LogP contribution < -0.4 is 17.7 Å². The van der Waals surface area contributed by atoms with Crippen LogP contribution in [-0.4, -0.2) is 44.1 Å². The van der Waals surface area contributed by atoms with Crippen molar-refractivity contribution >= 4 is 5.91 Å². The summed E-state index contributed by atoms with van der Waals surface area (Å²) < 4.78 is 1.06. The second kappa shape index (κ2) is 16.9. The molecule has 0 spiro atoms. The standard InChI is InChI=1S/C21H42N2O.ClH/c1-6-7-8-9-10-11-12-13-14-15-18-23(4,5)19-16-17-22-21(24)20(2)3;/h2,6-19H2,1,3-5H3;1H. The SMILES string of the molecule is C=C(C)C(=O)NCCC[N+](C)(C)CCCCCCCCCCCC.[Cl-]. The molecule has 0 saturated heterocycles.